The van der Waals surface area contributed by atoms with Crippen LogP contribution in [0.4, 0.5) is 0 Å². The van der Waals surface area contributed by atoms with E-state index in [2.05, 4.69) is 0 Å². The van der Waals surface area contributed by atoms with Crippen molar-refractivity contribution in [2.45, 2.75) is 44.6 Å². The van der Waals surface area contributed by atoms with E-state index in [9.17, 15) is 14.7 Å². The molecule has 4 heteroatoms. The van der Waals surface area contributed by atoms with E-state index >= 15 is 0 Å². The van der Waals surface area contributed by atoms with Gasteiger partial charge in [0.05, 0.1) is 5.41 Å². The SMILES string of the molecule is CC(C1CC1)N(C)C(=O)CC(C)(C(=O)O)c1ccccc1. The maximum Gasteiger partial charge on any atom is 0.314 e. The van der Waals surface area contributed by atoms with Gasteiger partial charge in [-0.1, -0.05) is 30.3 Å². The topological polar surface area (TPSA) is 57.6 Å². The molecule has 1 fully saturated rings. The number of nitrogens with zero attached hydrogens (tertiary/aromatic N) is 1. The average Bonchev–Trinajstić information content (AvgIpc) is 3.30. The fraction of sp³-hybridized carbons (Fsp3) is 0.529. The number of carbonyl (C=O) groups excluding carboxylic acids is 1. The summed E-state index contributed by atoms with van der Waals surface area (Å²) in [7, 11) is 1.78. The van der Waals surface area contributed by atoms with E-state index in [-0.39, 0.29) is 18.4 Å². The Morgan fingerprint density at radius 1 is 1.33 bits per heavy atom. The lowest BCUT2D eigenvalue weighted by molar-refractivity contribution is -0.147. The van der Waals surface area contributed by atoms with Crippen LogP contribution in [0, 0.1) is 5.92 Å². The molecular weight excluding hydrogens is 266 g/mol. The molecule has 114 valence electrons. The number of carbonyl (C=O) groups is 2. The molecule has 0 heterocycles. The molecule has 1 aliphatic rings. The largest absolute Gasteiger partial charge is 0.481 e. The van der Waals surface area contributed by atoms with E-state index in [4.69, 9.17) is 0 Å². The first-order valence-electron chi connectivity index (χ1n) is 7.41. The molecule has 0 aromatic heterocycles. The fourth-order valence-corrected chi connectivity index (χ4v) is 2.66. The average molecular weight is 289 g/mol. The third-order valence-corrected chi connectivity index (χ3v) is 4.70. The molecule has 1 amide bonds. The highest BCUT2D eigenvalue weighted by atomic mass is 16.4. The van der Waals surface area contributed by atoms with Gasteiger partial charge >= 0.3 is 5.97 Å². The van der Waals surface area contributed by atoms with E-state index in [1.807, 2.05) is 13.0 Å². The summed E-state index contributed by atoms with van der Waals surface area (Å²) in [6.45, 7) is 3.66. The lowest BCUT2D eigenvalue weighted by Crippen LogP contribution is -2.43. The van der Waals surface area contributed by atoms with Gasteiger partial charge in [0, 0.05) is 19.5 Å². The second-order valence-corrected chi connectivity index (χ2v) is 6.26. The van der Waals surface area contributed by atoms with E-state index in [1.165, 1.54) is 0 Å². The van der Waals surface area contributed by atoms with Crippen molar-refractivity contribution in [3.05, 3.63) is 35.9 Å². The van der Waals surface area contributed by atoms with Crippen LogP contribution in [-0.2, 0) is 15.0 Å². The lowest BCUT2D eigenvalue weighted by Gasteiger charge is -2.30. The Morgan fingerprint density at radius 2 is 1.90 bits per heavy atom. The number of hydrogen-bond donors (Lipinski definition) is 1. The molecule has 0 saturated heterocycles. The van der Waals surface area contributed by atoms with Gasteiger partial charge in [0.25, 0.3) is 0 Å². The maximum atomic E-state index is 12.5. The minimum absolute atomic E-state index is 0.0140. The van der Waals surface area contributed by atoms with Gasteiger partial charge in [0.15, 0.2) is 0 Å². The van der Waals surface area contributed by atoms with Crippen LogP contribution in [0.1, 0.15) is 38.7 Å². The molecule has 2 rings (SSSR count). The quantitative estimate of drug-likeness (QED) is 0.876. The van der Waals surface area contributed by atoms with Crippen LogP contribution in [0.15, 0.2) is 30.3 Å². The van der Waals surface area contributed by atoms with Crippen LogP contribution in [0.5, 0.6) is 0 Å². The van der Waals surface area contributed by atoms with Crippen molar-refractivity contribution in [3.63, 3.8) is 0 Å². The summed E-state index contributed by atoms with van der Waals surface area (Å²) in [5, 5.41) is 9.61. The Morgan fingerprint density at radius 3 is 2.38 bits per heavy atom. The molecule has 0 bridgehead atoms. The van der Waals surface area contributed by atoms with Crippen molar-refractivity contribution in [2.24, 2.45) is 5.92 Å². The third kappa shape index (κ3) is 3.26. The second-order valence-electron chi connectivity index (χ2n) is 6.26. The van der Waals surface area contributed by atoms with E-state index in [0.717, 1.165) is 12.8 Å². The predicted molar refractivity (Wildman–Crippen MR) is 81.0 cm³/mol. The summed E-state index contributed by atoms with van der Waals surface area (Å²) in [4.78, 5) is 25.9. The van der Waals surface area contributed by atoms with E-state index in [1.54, 1.807) is 43.1 Å². The summed E-state index contributed by atoms with van der Waals surface area (Å²) < 4.78 is 0. The van der Waals surface area contributed by atoms with Crippen LogP contribution >= 0.6 is 0 Å². The summed E-state index contributed by atoms with van der Waals surface area (Å²) in [5.41, 5.74) is -0.520. The number of rotatable bonds is 6. The minimum Gasteiger partial charge on any atom is -0.481 e. The van der Waals surface area contributed by atoms with Gasteiger partial charge in [-0.3, -0.25) is 9.59 Å². The first-order valence-corrected chi connectivity index (χ1v) is 7.41. The monoisotopic (exact) mass is 289 g/mol. The highest BCUT2D eigenvalue weighted by Gasteiger charge is 2.40. The molecule has 1 aromatic rings. The molecule has 2 unspecified atom stereocenters. The van der Waals surface area contributed by atoms with Crippen molar-refractivity contribution < 1.29 is 14.7 Å². The predicted octanol–water partition coefficient (Wildman–Crippen LogP) is 2.68. The van der Waals surface area contributed by atoms with Crippen molar-refractivity contribution >= 4 is 11.9 Å². The molecule has 1 aromatic carbocycles. The highest BCUT2D eigenvalue weighted by molar-refractivity contribution is 5.89. The van der Waals surface area contributed by atoms with Crippen molar-refractivity contribution in [2.75, 3.05) is 7.05 Å². The molecule has 1 saturated carbocycles. The van der Waals surface area contributed by atoms with Gasteiger partial charge in [-0.25, -0.2) is 0 Å². The van der Waals surface area contributed by atoms with E-state index in [0.29, 0.717) is 11.5 Å². The second kappa shape index (κ2) is 5.88. The number of carboxylic acids is 1. The first-order chi connectivity index (χ1) is 9.86. The Balaban J connectivity index is 2.16. The van der Waals surface area contributed by atoms with Crippen LogP contribution in [0.2, 0.25) is 0 Å². The molecule has 0 spiro atoms. The maximum absolute atomic E-state index is 12.5. The van der Waals surface area contributed by atoms with E-state index < -0.39 is 11.4 Å². The molecule has 1 aliphatic carbocycles. The third-order valence-electron chi connectivity index (χ3n) is 4.70. The zero-order valence-corrected chi connectivity index (χ0v) is 12.9. The fourth-order valence-electron chi connectivity index (χ4n) is 2.66. The van der Waals surface area contributed by atoms with Crippen molar-refractivity contribution in [1.29, 1.82) is 0 Å². The molecule has 1 N–H and O–H groups in total. The summed E-state index contributed by atoms with van der Waals surface area (Å²) in [5.74, 6) is -0.496. The number of amides is 1. The van der Waals surface area contributed by atoms with Crippen LogP contribution in [0.25, 0.3) is 0 Å². The Kier molecular flexibility index (Phi) is 4.35. The molecule has 2 atom stereocenters. The van der Waals surface area contributed by atoms with Gasteiger partial charge in [0.2, 0.25) is 5.91 Å². The number of aliphatic carboxylic acids is 1. The molecule has 0 radical (unpaired) electrons. The standard InChI is InChI=1S/C17H23NO3/c1-12(13-9-10-13)18(3)15(19)11-17(2,16(20)21)14-7-5-4-6-8-14/h4-8,12-13H,9-11H2,1-3H3,(H,20,21). The summed E-state index contributed by atoms with van der Waals surface area (Å²) in [6.07, 6.45) is 2.31. The smallest absolute Gasteiger partial charge is 0.314 e. The molecule has 0 aliphatic heterocycles. The van der Waals surface area contributed by atoms with Gasteiger partial charge in [-0.2, -0.15) is 0 Å². The van der Waals surface area contributed by atoms with Crippen molar-refractivity contribution in [3.8, 4) is 0 Å². The van der Waals surface area contributed by atoms with Gasteiger partial charge in [0.1, 0.15) is 0 Å². The van der Waals surface area contributed by atoms with Crippen LogP contribution < -0.4 is 0 Å². The zero-order chi connectivity index (χ0) is 15.6. The summed E-state index contributed by atoms with van der Waals surface area (Å²) >= 11 is 0. The Hall–Kier alpha value is -1.84. The highest BCUT2D eigenvalue weighted by Crippen LogP contribution is 2.36. The molecule has 21 heavy (non-hydrogen) atoms. The van der Waals surface area contributed by atoms with Crippen LogP contribution in [0.3, 0.4) is 0 Å². The van der Waals surface area contributed by atoms with Crippen molar-refractivity contribution in [1.82, 2.24) is 4.90 Å². The number of benzene rings is 1. The normalized spacial score (nSPS) is 18.6. The minimum atomic E-state index is -1.18. The number of carboxylic acid groups (broad SMARTS) is 1. The number of hydrogen-bond acceptors (Lipinski definition) is 2. The van der Waals surface area contributed by atoms with Crippen LogP contribution in [-0.4, -0.2) is 35.0 Å². The molecular formula is C17H23NO3. The Bertz CT molecular complexity index is 524. The lowest BCUT2D eigenvalue weighted by atomic mass is 9.79. The van der Waals surface area contributed by atoms with Gasteiger partial charge in [-0.15, -0.1) is 0 Å². The van der Waals surface area contributed by atoms with Gasteiger partial charge in [-0.05, 0) is 38.2 Å². The summed E-state index contributed by atoms with van der Waals surface area (Å²) in [6, 6.07) is 9.17. The first kappa shape index (κ1) is 15.5. The van der Waals surface area contributed by atoms with Gasteiger partial charge < -0.3 is 10.0 Å². The molecule has 4 nitrogen and oxygen atoms in total. The zero-order valence-electron chi connectivity index (χ0n) is 12.9. The Labute approximate surface area is 125 Å².